The third-order valence-electron chi connectivity index (χ3n) is 2.97. The van der Waals surface area contributed by atoms with E-state index in [4.69, 9.17) is 29.6 Å². The number of nitrogens with zero attached hydrogens (tertiary/aromatic N) is 1. The third kappa shape index (κ3) is 4.39. The van der Waals surface area contributed by atoms with Gasteiger partial charge in [-0.2, -0.15) is 0 Å². The second kappa shape index (κ2) is 6.82. The van der Waals surface area contributed by atoms with Crippen molar-refractivity contribution in [3.05, 3.63) is 28.8 Å². The van der Waals surface area contributed by atoms with Crippen molar-refractivity contribution in [1.29, 1.82) is 0 Å². The van der Waals surface area contributed by atoms with Crippen molar-refractivity contribution in [2.75, 3.05) is 20.6 Å². The van der Waals surface area contributed by atoms with E-state index in [2.05, 4.69) is 4.72 Å². The molecule has 0 spiro atoms. The van der Waals surface area contributed by atoms with Crippen LogP contribution in [-0.2, 0) is 10.0 Å². The standard InChI is InChI=1S/C12H18ClN3O2S2/c1-8(16(2)3)7-15-20(17,18)9-4-5-10(12(14)19)11(13)6-9/h4-6,8,15H,7H2,1-3H3,(H2,14,19). The molecule has 1 rings (SSSR count). The first-order valence-electron chi connectivity index (χ1n) is 5.90. The normalized spacial score (nSPS) is 13.4. The van der Waals surface area contributed by atoms with Gasteiger partial charge in [0.05, 0.1) is 9.92 Å². The van der Waals surface area contributed by atoms with E-state index in [9.17, 15) is 8.42 Å². The van der Waals surface area contributed by atoms with Crippen LogP contribution in [0.5, 0.6) is 0 Å². The summed E-state index contributed by atoms with van der Waals surface area (Å²) in [5.41, 5.74) is 5.94. The van der Waals surface area contributed by atoms with Gasteiger partial charge in [-0.15, -0.1) is 0 Å². The van der Waals surface area contributed by atoms with Crippen LogP contribution in [0.4, 0.5) is 0 Å². The minimum atomic E-state index is -3.60. The van der Waals surface area contributed by atoms with E-state index < -0.39 is 10.0 Å². The van der Waals surface area contributed by atoms with Crippen molar-refractivity contribution in [2.45, 2.75) is 17.9 Å². The second-order valence-electron chi connectivity index (χ2n) is 4.67. The molecule has 0 saturated heterocycles. The average molecular weight is 336 g/mol. The molecule has 0 aliphatic carbocycles. The molecule has 0 radical (unpaired) electrons. The lowest BCUT2D eigenvalue weighted by Crippen LogP contribution is -2.38. The fourth-order valence-electron chi connectivity index (χ4n) is 1.36. The highest BCUT2D eigenvalue weighted by Crippen LogP contribution is 2.20. The first-order valence-corrected chi connectivity index (χ1v) is 8.17. The van der Waals surface area contributed by atoms with Gasteiger partial charge in [-0.3, -0.25) is 0 Å². The summed E-state index contributed by atoms with van der Waals surface area (Å²) in [6, 6.07) is 4.37. The zero-order valence-electron chi connectivity index (χ0n) is 11.6. The highest BCUT2D eigenvalue weighted by Gasteiger charge is 2.17. The number of nitrogens with one attached hydrogen (secondary N) is 1. The Kier molecular flexibility index (Phi) is 5.91. The molecule has 0 saturated carbocycles. The molecule has 20 heavy (non-hydrogen) atoms. The Morgan fingerprint density at radius 3 is 2.55 bits per heavy atom. The lowest BCUT2D eigenvalue weighted by Gasteiger charge is -2.20. The summed E-state index contributed by atoms with van der Waals surface area (Å²) < 4.78 is 26.8. The molecule has 0 heterocycles. The zero-order chi connectivity index (χ0) is 15.5. The van der Waals surface area contributed by atoms with Crippen molar-refractivity contribution >= 4 is 38.8 Å². The lowest BCUT2D eigenvalue weighted by molar-refractivity contribution is 0.314. The molecule has 0 amide bonds. The fraction of sp³-hybridized carbons (Fsp3) is 0.417. The Bertz CT molecular complexity index is 603. The minimum absolute atomic E-state index is 0.0798. The van der Waals surface area contributed by atoms with Crippen LogP contribution >= 0.6 is 23.8 Å². The van der Waals surface area contributed by atoms with Crippen LogP contribution in [0.3, 0.4) is 0 Å². The van der Waals surface area contributed by atoms with Crippen molar-refractivity contribution in [2.24, 2.45) is 5.73 Å². The summed E-state index contributed by atoms with van der Waals surface area (Å²) in [6.07, 6.45) is 0. The molecule has 1 aromatic carbocycles. The largest absolute Gasteiger partial charge is 0.389 e. The fourth-order valence-corrected chi connectivity index (χ4v) is 3.09. The van der Waals surface area contributed by atoms with Crippen molar-refractivity contribution in [3.63, 3.8) is 0 Å². The van der Waals surface area contributed by atoms with Crippen LogP contribution in [0.25, 0.3) is 0 Å². The van der Waals surface area contributed by atoms with Crippen molar-refractivity contribution in [3.8, 4) is 0 Å². The summed E-state index contributed by atoms with van der Waals surface area (Å²) in [6.45, 7) is 2.23. The highest BCUT2D eigenvalue weighted by atomic mass is 35.5. The smallest absolute Gasteiger partial charge is 0.240 e. The molecule has 112 valence electrons. The Morgan fingerprint density at radius 2 is 2.10 bits per heavy atom. The van der Waals surface area contributed by atoms with Crippen molar-refractivity contribution in [1.82, 2.24) is 9.62 Å². The molecular weight excluding hydrogens is 318 g/mol. The number of likely N-dealkylation sites (N-methyl/N-ethyl adjacent to an activating group) is 1. The lowest BCUT2D eigenvalue weighted by atomic mass is 10.2. The molecule has 0 aliphatic rings. The van der Waals surface area contributed by atoms with Gasteiger partial charge in [0.1, 0.15) is 4.99 Å². The Morgan fingerprint density at radius 1 is 1.50 bits per heavy atom. The van der Waals surface area contributed by atoms with E-state index in [1.165, 1.54) is 18.2 Å². The van der Waals surface area contributed by atoms with Crippen molar-refractivity contribution < 1.29 is 8.42 Å². The number of hydrogen-bond donors (Lipinski definition) is 2. The average Bonchev–Trinajstić information content (AvgIpc) is 2.35. The van der Waals surface area contributed by atoms with Gasteiger partial charge in [-0.25, -0.2) is 13.1 Å². The summed E-state index contributed by atoms with van der Waals surface area (Å²) >= 11 is 10.8. The maximum absolute atomic E-state index is 12.1. The highest BCUT2D eigenvalue weighted by molar-refractivity contribution is 7.89. The zero-order valence-corrected chi connectivity index (χ0v) is 13.9. The van der Waals surface area contributed by atoms with E-state index in [1.807, 2.05) is 25.9 Å². The maximum atomic E-state index is 12.1. The minimum Gasteiger partial charge on any atom is -0.389 e. The summed E-state index contributed by atoms with van der Waals surface area (Å²) in [5.74, 6) is 0. The summed E-state index contributed by atoms with van der Waals surface area (Å²) in [7, 11) is 0.165. The SMILES string of the molecule is CC(CNS(=O)(=O)c1ccc(C(N)=S)c(Cl)c1)N(C)C. The number of rotatable bonds is 6. The van der Waals surface area contributed by atoms with Gasteiger partial charge >= 0.3 is 0 Å². The van der Waals surface area contributed by atoms with E-state index in [0.29, 0.717) is 12.1 Å². The van der Waals surface area contributed by atoms with E-state index >= 15 is 0 Å². The number of sulfonamides is 1. The quantitative estimate of drug-likeness (QED) is 0.764. The molecule has 5 nitrogen and oxygen atoms in total. The molecule has 1 atom stereocenters. The van der Waals surface area contributed by atoms with Crippen LogP contribution in [0.15, 0.2) is 23.1 Å². The summed E-state index contributed by atoms with van der Waals surface area (Å²) in [5, 5.41) is 0.223. The number of nitrogens with two attached hydrogens (primary N) is 1. The maximum Gasteiger partial charge on any atom is 0.240 e. The molecule has 0 bridgehead atoms. The molecule has 0 fully saturated rings. The first kappa shape index (κ1) is 17.3. The number of halogens is 1. The summed E-state index contributed by atoms with van der Waals surface area (Å²) in [4.78, 5) is 2.15. The van der Waals surface area contributed by atoms with E-state index in [-0.39, 0.29) is 20.9 Å². The van der Waals surface area contributed by atoms with Crippen LogP contribution < -0.4 is 10.5 Å². The molecule has 1 aromatic rings. The second-order valence-corrected chi connectivity index (χ2v) is 7.28. The van der Waals surface area contributed by atoms with E-state index in [0.717, 1.165) is 0 Å². The van der Waals surface area contributed by atoms with E-state index in [1.54, 1.807) is 0 Å². The predicted molar refractivity (Wildman–Crippen MR) is 85.7 cm³/mol. The van der Waals surface area contributed by atoms with Crippen LogP contribution in [0, 0.1) is 0 Å². The van der Waals surface area contributed by atoms with Gasteiger partial charge in [0, 0.05) is 18.2 Å². The predicted octanol–water partition coefficient (Wildman–Crippen LogP) is 1.20. The van der Waals surface area contributed by atoms with Crippen LogP contribution in [0.1, 0.15) is 12.5 Å². The number of benzene rings is 1. The van der Waals surface area contributed by atoms with Gasteiger partial charge in [0.2, 0.25) is 10.0 Å². The number of hydrogen-bond acceptors (Lipinski definition) is 4. The molecule has 8 heteroatoms. The molecule has 0 aliphatic heterocycles. The molecule has 3 N–H and O–H groups in total. The van der Waals surface area contributed by atoms with Crippen LogP contribution in [0.2, 0.25) is 5.02 Å². The van der Waals surface area contributed by atoms with Crippen LogP contribution in [-0.4, -0.2) is 45.0 Å². The van der Waals surface area contributed by atoms with Gasteiger partial charge < -0.3 is 10.6 Å². The monoisotopic (exact) mass is 335 g/mol. The molecule has 1 unspecified atom stereocenters. The topological polar surface area (TPSA) is 75.4 Å². The van der Waals surface area contributed by atoms with Gasteiger partial charge in [0.15, 0.2) is 0 Å². The first-order chi connectivity index (χ1) is 9.15. The Labute approximate surface area is 130 Å². The molecular formula is C12H18ClN3O2S2. The van der Waals surface area contributed by atoms with Gasteiger partial charge in [-0.1, -0.05) is 23.8 Å². The third-order valence-corrected chi connectivity index (χ3v) is 4.92. The Hall–Kier alpha value is -0.730. The Balaban J connectivity index is 2.94. The van der Waals surface area contributed by atoms with Gasteiger partial charge in [-0.05, 0) is 39.2 Å². The molecule has 0 aromatic heterocycles. The van der Waals surface area contributed by atoms with Gasteiger partial charge in [0.25, 0.3) is 0 Å². The number of thiocarbonyl (C=S) groups is 1.